The van der Waals surface area contributed by atoms with Gasteiger partial charge in [-0.25, -0.2) is 0 Å². The van der Waals surface area contributed by atoms with Gasteiger partial charge < -0.3 is 32.8 Å². The van der Waals surface area contributed by atoms with E-state index in [2.05, 4.69) is 611 Å². The van der Waals surface area contributed by atoms with E-state index >= 15 is 0 Å². The summed E-state index contributed by atoms with van der Waals surface area (Å²) >= 11 is 0. The maximum absolute atomic E-state index is 6.25. The van der Waals surface area contributed by atoms with Crippen LogP contribution in [0.3, 0.4) is 0 Å². The molecule has 0 amide bonds. The van der Waals surface area contributed by atoms with Crippen LogP contribution in [0, 0.1) is 0 Å². The Hall–Kier alpha value is -19.3. The fraction of sp³-hybridized carbons (Fsp3) is 0. The van der Waals surface area contributed by atoms with Gasteiger partial charge in [0.15, 0.2) is 0 Å². The zero-order valence-corrected chi connectivity index (χ0v) is 79.5. The molecule has 7 heteroatoms. The molecule has 0 fully saturated rings. The van der Waals surface area contributed by atoms with Gasteiger partial charge in [0, 0.05) is 111 Å². The molecular formula is C138H96N6O. The van der Waals surface area contributed by atoms with Crippen molar-refractivity contribution in [1.82, 2.24) is 13.7 Å². The summed E-state index contributed by atoms with van der Waals surface area (Å²) in [5.74, 6) is 0. The largest absolute Gasteiger partial charge is 0.456 e. The molecule has 0 spiro atoms. The Balaban J connectivity index is 0.000000117. The van der Waals surface area contributed by atoms with E-state index in [9.17, 15) is 0 Å². The van der Waals surface area contributed by atoms with Crippen molar-refractivity contribution >= 4 is 139 Å². The first-order chi connectivity index (χ1) is 71.9. The van der Waals surface area contributed by atoms with E-state index in [1.807, 2.05) is 0 Å². The lowest BCUT2D eigenvalue weighted by atomic mass is 10.00. The van der Waals surface area contributed by atoms with Crippen LogP contribution in [0.1, 0.15) is 0 Å². The number of anilines is 9. The molecule has 0 aliphatic rings. The lowest BCUT2D eigenvalue weighted by Gasteiger charge is -2.26. The van der Waals surface area contributed by atoms with Crippen molar-refractivity contribution in [2.24, 2.45) is 0 Å². The molecule has 0 radical (unpaired) electrons. The van der Waals surface area contributed by atoms with E-state index in [1.54, 1.807) is 0 Å². The number of nitrogens with zero attached hydrogens (tertiary/aromatic N) is 6. The SMILES string of the molecule is c1ccc(-c2ccc(N(c3ccc(-c4ccccc4)cc3)c3ccc(-c4ccc5oc6ccc(-c7ccccc7)cc6c5c4)cc3)cc2)cc1.c1ccc(-c2ccc(N(c3ccc(-c4ccccc4)cc3)c3ccc(-c4ccccc4)cc3)cc2)cc1.c1ccc2c(c1)c1ccccc1n2-c1ccc(N(c2ccc(-n3c4ccccc4c4ccccc43)cc2)c2ccc(-n3c4ccccc4c4ccccc43)cc2)cc1. The number of para-hydroxylation sites is 6. The minimum Gasteiger partial charge on any atom is -0.456 e. The first-order valence-electron chi connectivity index (χ1n) is 49.5. The Morgan fingerprint density at radius 1 is 0.117 bits per heavy atom. The highest BCUT2D eigenvalue weighted by Crippen LogP contribution is 2.46. The normalized spacial score (nSPS) is 11.3. The standard InChI is InChI=1S/C54H36N4.C48H33NO.C36H27N/c1-7-19-49-43(13-1)44-14-2-8-20-50(44)56(49)40-31-25-37(26-32-40)55(38-27-33-41(34-28-38)57-51-21-9-3-15-45(51)46-16-4-10-22-52(46)57)39-29-35-42(36-30-39)58-53-23-11-5-17-47(53)48-18-6-12-24-54(48)58;1-4-10-34(11-5-1)37-16-24-42(25-17-37)49(43-26-18-38(19-27-43)35-12-6-2-7-13-35)44-28-20-39(21-29-44)41-23-31-48-46(33-41)45-32-40(22-30-47(45)50-48)36-14-8-3-9-15-36;1-4-10-28(11-5-1)31-16-22-34(23-17-31)37(35-24-18-32(19-25-35)29-12-6-2-7-13-29)36-26-20-33(21-27-36)30-14-8-3-9-15-30/h1-36H;1-33H;1-27H. The van der Waals surface area contributed by atoms with E-state index in [0.29, 0.717) is 0 Å². The highest BCUT2D eigenvalue weighted by Gasteiger charge is 2.23. The van der Waals surface area contributed by atoms with Crippen molar-refractivity contribution in [2.45, 2.75) is 0 Å². The van der Waals surface area contributed by atoms with Gasteiger partial charge in [-0.1, -0.05) is 376 Å². The van der Waals surface area contributed by atoms with Gasteiger partial charge in [-0.3, -0.25) is 0 Å². The van der Waals surface area contributed by atoms with Gasteiger partial charge in [0.05, 0.1) is 33.1 Å². The lowest BCUT2D eigenvalue weighted by molar-refractivity contribution is 0.669. The van der Waals surface area contributed by atoms with Crippen LogP contribution in [0.25, 0.3) is 182 Å². The molecule has 0 aliphatic heterocycles. The summed E-state index contributed by atoms with van der Waals surface area (Å²) in [6.45, 7) is 0. The fourth-order valence-electron chi connectivity index (χ4n) is 20.9. The zero-order valence-electron chi connectivity index (χ0n) is 79.5. The van der Waals surface area contributed by atoms with E-state index in [-0.39, 0.29) is 0 Å². The molecule has 0 aliphatic carbocycles. The quantitative estimate of drug-likeness (QED) is 0.0809. The van der Waals surface area contributed by atoms with E-state index < -0.39 is 0 Å². The third kappa shape index (κ3) is 17.2. The zero-order chi connectivity index (χ0) is 96.3. The predicted molar refractivity (Wildman–Crippen MR) is 612 cm³/mol. The summed E-state index contributed by atoms with van der Waals surface area (Å²) in [7, 11) is 0. The van der Waals surface area contributed by atoms with E-state index in [0.717, 1.165) is 101 Å². The third-order valence-corrected chi connectivity index (χ3v) is 28.0. The molecule has 684 valence electrons. The van der Waals surface area contributed by atoms with Gasteiger partial charge in [-0.05, 0) is 284 Å². The molecule has 4 aromatic heterocycles. The number of hydrogen-bond donors (Lipinski definition) is 0. The molecule has 145 heavy (non-hydrogen) atoms. The summed E-state index contributed by atoms with van der Waals surface area (Å²) in [6.07, 6.45) is 0. The van der Waals surface area contributed by atoms with Crippen molar-refractivity contribution < 1.29 is 4.42 Å². The molecule has 0 N–H and O–H groups in total. The second kappa shape index (κ2) is 38.8. The summed E-state index contributed by atoms with van der Waals surface area (Å²) in [4.78, 5) is 7.00. The average Bonchev–Trinajstić information content (AvgIpc) is 1.54. The van der Waals surface area contributed by atoms with Crippen LogP contribution in [0.15, 0.2) is 587 Å². The topological polar surface area (TPSA) is 37.7 Å². The van der Waals surface area contributed by atoms with Crippen LogP contribution < -0.4 is 14.7 Å². The maximum atomic E-state index is 6.25. The minimum absolute atomic E-state index is 0.898. The second-order valence-corrected chi connectivity index (χ2v) is 36.7. The van der Waals surface area contributed by atoms with Gasteiger partial charge in [-0.15, -0.1) is 0 Å². The molecule has 0 atom stereocenters. The first-order valence-corrected chi connectivity index (χ1v) is 49.5. The maximum Gasteiger partial charge on any atom is 0.135 e. The Labute approximate surface area is 842 Å². The van der Waals surface area contributed by atoms with Crippen molar-refractivity contribution in [3.63, 3.8) is 0 Å². The molecule has 0 saturated carbocycles. The smallest absolute Gasteiger partial charge is 0.135 e. The molecule has 0 unspecified atom stereocenters. The third-order valence-electron chi connectivity index (χ3n) is 28.0. The number of aromatic nitrogens is 3. The highest BCUT2D eigenvalue weighted by atomic mass is 16.3. The summed E-state index contributed by atoms with van der Waals surface area (Å²) in [5.41, 5.74) is 39.1. The molecule has 0 bridgehead atoms. The molecule has 23 aromatic carbocycles. The van der Waals surface area contributed by atoms with Crippen molar-refractivity contribution in [3.8, 4) is 95.0 Å². The molecule has 27 rings (SSSR count). The van der Waals surface area contributed by atoms with Gasteiger partial charge in [0.2, 0.25) is 0 Å². The van der Waals surface area contributed by atoms with Crippen LogP contribution in [0.5, 0.6) is 0 Å². The summed E-state index contributed by atoms with van der Waals surface area (Å²) in [6, 6.07) is 208. The first kappa shape index (κ1) is 87.2. The van der Waals surface area contributed by atoms with Crippen molar-refractivity contribution in [1.29, 1.82) is 0 Å². The Bertz CT molecular complexity index is 8440. The van der Waals surface area contributed by atoms with Crippen LogP contribution in [-0.2, 0) is 0 Å². The van der Waals surface area contributed by atoms with Gasteiger partial charge in [0.25, 0.3) is 0 Å². The Morgan fingerprint density at radius 3 is 0.455 bits per heavy atom. The second-order valence-electron chi connectivity index (χ2n) is 36.7. The van der Waals surface area contributed by atoms with Crippen LogP contribution in [0.4, 0.5) is 51.2 Å². The highest BCUT2D eigenvalue weighted by molar-refractivity contribution is 6.13. The predicted octanol–water partition coefficient (Wildman–Crippen LogP) is 38.3. The average molecular weight is 1850 g/mol. The monoisotopic (exact) mass is 1850 g/mol. The molecule has 4 heterocycles. The Morgan fingerprint density at radius 2 is 0.262 bits per heavy atom. The fourth-order valence-corrected chi connectivity index (χ4v) is 20.9. The van der Waals surface area contributed by atoms with Crippen LogP contribution >= 0.6 is 0 Å². The number of fused-ring (bicyclic) bond motifs is 12. The summed E-state index contributed by atoms with van der Waals surface area (Å²) in [5, 5.41) is 9.81. The van der Waals surface area contributed by atoms with Gasteiger partial charge in [-0.2, -0.15) is 0 Å². The molecule has 0 saturated heterocycles. The van der Waals surface area contributed by atoms with Gasteiger partial charge >= 0.3 is 0 Å². The van der Waals surface area contributed by atoms with Crippen molar-refractivity contribution in [3.05, 3.63) is 582 Å². The number of hydrogen-bond acceptors (Lipinski definition) is 4. The summed E-state index contributed by atoms with van der Waals surface area (Å²) < 4.78 is 13.4. The molecular weight excluding hydrogens is 1760 g/mol. The molecule has 7 nitrogen and oxygen atoms in total. The van der Waals surface area contributed by atoms with E-state index in [4.69, 9.17) is 4.42 Å². The van der Waals surface area contributed by atoms with Crippen LogP contribution in [-0.4, -0.2) is 13.7 Å². The van der Waals surface area contributed by atoms with Gasteiger partial charge in [0.1, 0.15) is 11.2 Å². The van der Waals surface area contributed by atoms with E-state index in [1.165, 1.54) is 132 Å². The minimum atomic E-state index is 0.898. The number of furan rings is 1. The van der Waals surface area contributed by atoms with Crippen LogP contribution in [0.2, 0.25) is 0 Å². The Kier molecular flexibility index (Phi) is 23.3. The van der Waals surface area contributed by atoms with Crippen molar-refractivity contribution in [2.75, 3.05) is 14.7 Å². The molecule has 27 aromatic rings. The number of rotatable bonds is 19. The lowest BCUT2D eigenvalue weighted by Crippen LogP contribution is -2.10. The number of benzene rings is 23.